The number of hydrogen-bond acceptors (Lipinski definition) is 3. The highest BCUT2D eigenvalue weighted by Gasteiger charge is 2.23. The van der Waals surface area contributed by atoms with E-state index in [1.54, 1.807) is 6.07 Å². The zero-order chi connectivity index (χ0) is 11.0. The molecule has 0 aliphatic heterocycles. The third-order valence-corrected chi connectivity index (χ3v) is 2.69. The van der Waals surface area contributed by atoms with Crippen molar-refractivity contribution in [3.63, 3.8) is 0 Å². The Kier molecular flexibility index (Phi) is 2.19. The Hall–Kier alpha value is -1.84. The van der Waals surface area contributed by atoms with Gasteiger partial charge in [-0.3, -0.25) is 4.79 Å². The van der Waals surface area contributed by atoms with Gasteiger partial charge in [-0.05, 0) is 36.5 Å². The quantitative estimate of drug-likeness (QED) is 0.562. The zero-order valence-electron chi connectivity index (χ0n) is 7.99. The number of carboxylic acid groups (broad SMARTS) is 1. The molecule has 0 amide bonds. The van der Waals surface area contributed by atoms with Crippen molar-refractivity contribution in [3.05, 3.63) is 28.8 Å². The number of carbonyl (C=O) groups is 2. The lowest BCUT2D eigenvalue weighted by atomic mass is 10.0. The van der Waals surface area contributed by atoms with Gasteiger partial charge in [0.1, 0.15) is 5.75 Å². The maximum absolute atomic E-state index is 11.2. The number of carbonyl (C=O) groups excluding carboxylic acids is 1. The minimum absolute atomic E-state index is 0.108. The summed E-state index contributed by atoms with van der Waals surface area (Å²) < 4.78 is 0. The molecule has 0 saturated heterocycles. The van der Waals surface area contributed by atoms with Gasteiger partial charge in [-0.2, -0.15) is 0 Å². The first-order chi connectivity index (χ1) is 7.11. The molecule has 0 spiro atoms. The molecule has 4 heteroatoms. The molecule has 1 aromatic rings. The van der Waals surface area contributed by atoms with Gasteiger partial charge in [-0.25, -0.2) is 4.79 Å². The van der Waals surface area contributed by atoms with Crippen LogP contribution in [0.1, 0.15) is 27.9 Å². The van der Waals surface area contributed by atoms with E-state index < -0.39 is 11.8 Å². The van der Waals surface area contributed by atoms with Crippen LogP contribution in [0.4, 0.5) is 0 Å². The molecule has 0 unspecified atom stereocenters. The number of Topliss-reactive ketones (excluding diaryl/α,β-unsaturated/α-hetero) is 1. The minimum atomic E-state index is -1.54. The van der Waals surface area contributed by atoms with Crippen LogP contribution in [0.3, 0.4) is 0 Å². The number of ketones is 1. The number of rotatable bonds is 2. The van der Waals surface area contributed by atoms with Crippen molar-refractivity contribution in [2.75, 3.05) is 0 Å². The molecule has 0 radical (unpaired) electrons. The van der Waals surface area contributed by atoms with Gasteiger partial charge in [0.2, 0.25) is 0 Å². The smallest absolute Gasteiger partial charge is 0.377 e. The molecule has 1 aliphatic carbocycles. The average molecular weight is 206 g/mol. The van der Waals surface area contributed by atoms with Crippen LogP contribution in [0, 0.1) is 0 Å². The number of aliphatic carboxylic acids is 1. The van der Waals surface area contributed by atoms with Crippen LogP contribution in [-0.4, -0.2) is 22.0 Å². The summed E-state index contributed by atoms with van der Waals surface area (Å²) in [7, 11) is 0. The predicted octanol–water partition coefficient (Wildman–Crippen LogP) is 1.15. The molecule has 0 atom stereocenters. The lowest BCUT2D eigenvalue weighted by molar-refractivity contribution is -0.131. The van der Waals surface area contributed by atoms with E-state index in [9.17, 15) is 14.7 Å². The Morgan fingerprint density at radius 3 is 2.60 bits per heavy atom. The molecule has 15 heavy (non-hydrogen) atoms. The first-order valence-electron chi connectivity index (χ1n) is 4.72. The second-order valence-corrected chi connectivity index (χ2v) is 3.59. The highest BCUT2D eigenvalue weighted by molar-refractivity contribution is 6.40. The summed E-state index contributed by atoms with van der Waals surface area (Å²) in [5, 5.41) is 18.3. The van der Waals surface area contributed by atoms with Gasteiger partial charge >= 0.3 is 5.97 Å². The van der Waals surface area contributed by atoms with Gasteiger partial charge in [-0.15, -0.1) is 0 Å². The summed E-state index contributed by atoms with van der Waals surface area (Å²) >= 11 is 0. The molecule has 0 saturated carbocycles. The molecule has 1 aromatic carbocycles. The standard InChI is InChI=1S/C11H10O4/c12-9-7-3-1-2-6(7)4-5-8(9)10(13)11(14)15/h4-5,12H,1-3H2,(H,14,15). The molecule has 2 rings (SSSR count). The Morgan fingerprint density at radius 1 is 1.20 bits per heavy atom. The number of aromatic hydroxyl groups is 1. The first-order valence-corrected chi connectivity index (χ1v) is 4.72. The van der Waals surface area contributed by atoms with E-state index in [0.29, 0.717) is 6.42 Å². The van der Waals surface area contributed by atoms with E-state index in [0.717, 1.165) is 24.0 Å². The lowest BCUT2D eigenvalue weighted by Crippen LogP contribution is -2.13. The fourth-order valence-corrected chi connectivity index (χ4v) is 1.95. The third-order valence-electron chi connectivity index (χ3n) is 2.69. The maximum atomic E-state index is 11.2. The minimum Gasteiger partial charge on any atom is -0.507 e. The van der Waals surface area contributed by atoms with Crippen molar-refractivity contribution in [3.8, 4) is 5.75 Å². The van der Waals surface area contributed by atoms with E-state index in [1.165, 1.54) is 6.07 Å². The normalized spacial score (nSPS) is 13.6. The molecular weight excluding hydrogens is 196 g/mol. The predicted molar refractivity (Wildman–Crippen MR) is 52.1 cm³/mol. The van der Waals surface area contributed by atoms with E-state index in [4.69, 9.17) is 5.11 Å². The summed E-state index contributed by atoms with van der Waals surface area (Å²) in [6.07, 6.45) is 2.53. The second-order valence-electron chi connectivity index (χ2n) is 3.59. The van der Waals surface area contributed by atoms with Gasteiger partial charge in [0.25, 0.3) is 5.78 Å². The topological polar surface area (TPSA) is 74.6 Å². The Labute approximate surface area is 86.2 Å². The van der Waals surface area contributed by atoms with E-state index in [2.05, 4.69) is 0 Å². The fourth-order valence-electron chi connectivity index (χ4n) is 1.95. The highest BCUT2D eigenvalue weighted by Crippen LogP contribution is 2.32. The van der Waals surface area contributed by atoms with Gasteiger partial charge < -0.3 is 10.2 Å². The largest absolute Gasteiger partial charge is 0.507 e. The Morgan fingerprint density at radius 2 is 1.93 bits per heavy atom. The van der Waals surface area contributed by atoms with Gasteiger partial charge in [0.05, 0.1) is 5.56 Å². The number of phenols is 1. The molecule has 0 heterocycles. The summed E-state index contributed by atoms with van der Waals surface area (Å²) in [4.78, 5) is 21.7. The molecule has 0 bridgehead atoms. The van der Waals surface area contributed by atoms with Crippen LogP contribution >= 0.6 is 0 Å². The fraction of sp³-hybridized carbons (Fsp3) is 0.273. The average Bonchev–Trinajstić information content (AvgIpc) is 2.66. The van der Waals surface area contributed by atoms with Gasteiger partial charge in [0.15, 0.2) is 0 Å². The van der Waals surface area contributed by atoms with Crippen molar-refractivity contribution in [2.24, 2.45) is 0 Å². The monoisotopic (exact) mass is 206 g/mol. The number of carboxylic acids is 1. The van der Waals surface area contributed by atoms with Crippen LogP contribution in [0.5, 0.6) is 5.75 Å². The number of aryl methyl sites for hydroxylation is 1. The van der Waals surface area contributed by atoms with Crippen molar-refractivity contribution in [2.45, 2.75) is 19.3 Å². The van der Waals surface area contributed by atoms with E-state index >= 15 is 0 Å². The highest BCUT2D eigenvalue weighted by atomic mass is 16.4. The number of phenolic OH excluding ortho intramolecular Hbond substituents is 1. The molecule has 78 valence electrons. The number of fused-ring (bicyclic) bond motifs is 1. The van der Waals surface area contributed by atoms with Gasteiger partial charge in [0, 0.05) is 0 Å². The zero-order valence-corrected chi connectivity index (χ0v) is 7.99. The molecular formula is C11H10O4. The van der Waals surface area contributed by atoms with Crippen LogP contribution in [0.2, 0.25) is 0 Å². The molecule has 2 N–H and O–H groups in total. The molecule has 4 nitrogen and oxygen atoms in total. The summed E-state index contributed by atoms with van der Waals surface area (Å²) in [6.45, 7) is 0. The van der Waals surface area contributed by atoms with Crippen LogP contribution < -0.4 is 0 Å². The Balaban J connectivity index is 2.51. The Bertz CT molecular complexity index is 448. The first kappa shape index (κ1) is 9.71. The molecule has 0 aromatic heterocycles. The van der Waals surface area contributed by atoms with Crippen molar-refractivity contribution >= 4 is 11.8 Å². The van der Waals surface area contributed by atoms with Crippen LogP contribution in [-0.2, 0) is 17.6 Å². The summed E-state index contributed by atoms with van der Waals surface area (Å²) in [5.41, 5.74) is 1.62. The molecule has 1 aliphatic rings. The van der Waals surface area contributed by atoms with E-state index in [1.807, 2.05) is 0 Å². The maximum Gasteiger partial charge on any atom is 0.377 e. The summed E-state index contributed by atoms with van der Waals surface area (Å²) in [6, 6.07) is 3.11. The number of benzene rings is 1. The lowest BCUT2D eigenvalue weighted by Gasteiger charge is -2.06. The molecule has 0 fully saturated rings. The van der Waals surface area contributed by atoms with Gasteiger partial charge in [-0.1, -0.05) is 6.07 Å². The SMILES string of the molecule is O=C(O)C(=O)c1ccc2c(c1O)CCC2. The third kappa shape index (κ3) is 1.48. The number of hydrogen-bond donors (Lipinski definition) is 2. The second kappa shape index (κ2) is 3.38. The van der Waals surface area contributed by atoms with Crippen LogP contribution in [0.15, 0.2) is 12.1 Å². The van der Waals surface area contributed by atoms with Crippen LogP contribution in [0.25, 0.3) is 0 Å². The van der Waals surface area contributed by atoms with E-state index in [-0.39, 0.29) is 11.3 Å². The van der Waals surface area contributed by atoms with Crippen molar-refractivity contribution in [1.29, 1.82) is 0 Å². The summed E-state index contributed by atoms with van der Waals surface area (Å²) in [5.74, 6) is -2.75. The van der Waals surface area contributed by atoms with Crippen molar-refractivity contribution < 1.29 is 19.8 Å². The van der Waals surface area contributed by atoms with Crippen molar-refractivity contribution in [1.82, 2.24) is 0 Å².